The number of aryl methyl sites for hydroxylation is 1. The van der Waals surface area contributed by atoms with Gasteiger partial charge in [0.05, 0.1) is 11.7 Å². The van der Waals surface area contributed by atoms with Crippen molar-refractivity contribution in [2.75, 3.05) is 5.32 Å². The van der Waals surface area contributed by atoms with E-state index in [9.17, 15) is 22.8 Å². The molecular formula is C35H29ClF4N6O3. The zero-order valence-corrected chi connectivity index (χ0v) is 27.4. The lowest BCUT2D eigenvalue weighted by Crippen LogP contribution is -2.26. The first-order valence-electron chi connectivity index (χ1n) is 14.8. The van der Waals surface area contributed by atoms with E-state index in [0.717, 1.165) is 6.07 Å². The van der Waals surface area contributed by atoms with E-state index >= 15 is 4.39 Å². The van der Waals surface area contributed by atoms with Crippen molar-refractivity contribution >= 4 is 35.0 Å². The van der Waals surface area contributed by atoms with Gasteiger partial charge in [-0.1, -0.05) is 12.1 Å². The smallest absolute Gasteiger partial charge is 0.333 e. The van der Waals surface area contributed by atoms with E-state index in [-0.39, 0.29) is 46.8 Å². The number of nitrogens with zero attached hydrogens (tertiary/aromatic N) is 5. The Morgan fingerprint density at radius 2 is 1.67 bits per heavy atom. The van der Waals surface area contributed by atoms with Crippen molar-refractivity contribution in [3.05, 3.63) is 118 Å². The topological polar surface area (TPSA) is 104 Å². The summed E-state index contributed by atoms with van der Waals surface area (Å²) in [5.74, 6) is -1.99. The van der Waals surface area contributed by atoms with Gasteiger partial charge in [0, 0.05) is 70.5 Å². The molecule has 4 heterocycles. The fourth-order valence-corrected chi connectivity index (χ4v) is 5.45. The molecule has 6 rings (SSSR count). The maximum Gasteiger partial charge on any atom is 0.333 e. The number of ether oxygens (including phenoxy) is 1. The van der Waals surface area contributed by atoms with Crippen LogP contribution in [0.15, 0.2) is 84.2 Å². The molecule has 9 nitrogen and oxygen atoms in total. The van der Waals surface area contributed by atoms with Crippen LogP contribution >= 0.6 is 12.4 Å². The zero-order chi connectivity index (χ0) is 34.3. The molecule has 4 aromatic heterocycles. The van der Waals surface area contributed by atoms with Gasteiger partial charge in [-0.15, -0.1) is 12.4 Å². The van der Waals surface area contributed by atoms with Crippen LogP contribution in [0.1, 0.15) is 48.2 Å². The molecule has 0 aliphatic rings. The van der Waals surface area contributed by atoms with Gasteiger partial charge in [0.1, 0.15) is 16.9 Å². The highest BCUT2D eigenvalue weighted by molar-refractivity contribution is 6.04. The number of amides is 1. The van der Waals surface area contributed by atoms with Crippen molar-refractivity contribution in [3.63, 3.8) is 0 Å². The molecule has 0 fully saturated rings. The van der Waals surface area contributed by atoms with E-state index in [4.69, 9.17) is 4.74 Å². The number of rotatable bonds is 8. The van der Waals surface area contributed by atoms with Crippen LogP contribution in [0.3, 0.4) is 0 Å². The average molecular weight is 693 g/mol. The second-order valence-electron chi connectivity index (χ2n) is 11.3. The van der Waals surface area contributed by atoms with Crippen LogP contribution in [0.25, 0.3) is 33.3 Å². The lowest BCUT2D eigenvalue weighted by molar-refractivity contribution is 0.0566. The first-order valence-corrected chi connectivity index (χ1v) is 14.8. The van der Waals surface area contributed by atoms with Crippen LogP contribution in [0, 0.1) is 25.5 Å². The fraction of sp³-hybridized carbons (Fsp3) is 0.171. The predicted octanol–water partition coefficient (Wildman–Crippen LogP) is 8.66. The van der Waals surface area contributed by atoms with E-state index in [0.29, 0.717) is 43.8 Å². The minimum absolute atomic E-state index is 0. The summed E-state index contributed by atoms with van der Waals surface area (Å²) >= 11 is 0. The largest absolute Gasteiger partial charge is 0.452 e. The number of benzene rings is 2. The van der Waals surface area contributed by atoms with Crippen LogP contribution in [-0.4, -0.2) is 30.2 Å². The number of anilines is 1. The monoisotopic (exact) mass is 692 g/mol. The number of alkyl halides is 2. The van der Waals surface area contributed by atoms with Gasteiger partial charge < -0.3 is 14.6 Å². The number of aromatic nitrogens is 5. The van der Waals surface area contributed by atoms with E-state index in [1.165, 1.54) is 67.3 Å². The van der Waals surface area contributed by atoms with Crippen LogP contribution in [0.5, 0.6) is 11.5 Å². The molecule has 0 radical (unpaired) electrons. The van der Waals surface area contributed by atoms with Gasteiger partial charge in [-0.2, -0.15) is 13.9 Å². The van der Waals surface area contributed by atoms with Gasteiger partial charge in [-0.05, 0) is 63.6 Å². The minimum Gasteiger partial charge on any atom is -0.452 e. The molecule has 0 unspecified atom stereocenters. The molecule has 49 heavy (non-hydrogen) atoms. The summed E-state index contributed by atoms with van der Waals surface area (Å²) in [6.07, 6.45) is 5.42. The molecule has 0 aliphatic heterocycles. The molecule has 1 N–H and O–H groups in total. The summed E-state index contributed by atoms with van der Waals surface area (Å²) < 4.78 is 63.2. The lowest BCUT2D eigenvalue weighted by atomic mass is 10.00. The van der Waals surface area contributed by atoms with Crippen LogP contribution < -0.4 is 15.5 Å². The standard InChI is InChI=1S/C35H28F4N6O3.ClH/c1-18(2)44-17-26(33(46)31(20(44)4)21-5-7-23(36)8-6-21)34(47)43-24-9-10-29(27(37)13-24)48-30-11-12-40-28-14-25(19(3)42-32(28)30)22-15-41-45(16-22)35(38)39;/h5-18,35H,1-4H3,(H,43,47);1H. The second-order valence-corrected chi connectivity index (χ2v) is 11.3. The van der Waals surface area contributed by atoms with Gasteiger partial charge in [-0.3, -0.25) is 14.6 Å². The number of carbonyl (C=O) groups is 1. The number of halogens is 5. The van der Waals surface area contributed by atoms with E-state index in [1.807, 2.05) is 13.8 Å². The Morgan fingerprint density at radius 1 is 0.939 bits per heavy atom. The van der Waals surface area contributed by atoms with Crippen molar-refractivity contribution in [2.24, 2.45) is 0 Å². The Morgan fingerprint density at radius 3 is 2.33 bits per heavy atom. The highest BCUT2D eigenvalue weighted by Crippen LogP contribution is 2.34. The van der Waals surface area contributed by atoms with Gasteiger partial charge >= 0.3 is 6.55 Å². The maximum absolute atomic E-state index is 15.4. The highest BCUT2D eigenvalue weighted by Gasteiger charge is 2.22. The molecule has 0 saturated carbocycles. The van der Waals surface area contributed by atoms with Crippen molar-refractivity contribution in [1.29, 1.82) is 0 Å². The second kappa shape index (κ2) is 13.9. The number of carbonyl (C=O) groups excluding carboxylic acids is 1. The SMILES string of the molecule is Cc1nc2c(Oc3ccc(NC(=O)c4cn(C(C)C)c(C)c(-c5ccc(F)cc5)c4=O)cc3F)ccnc2cc1-c1cnn(C(F)F)c1.Cl. The normalized spacial score (nSPS) is 11.2. The number of pyridine rings is 3. The Kier molecular flexibility index (Phi) is 9.85. The molecule has 2 aromatic carbocycles. The molecular weight excluding hydrogens is 664 g/mol. The third kappa shape index (κ3) is 6.88. The maximum atomic E-state index is 15.4. The number of hydrogen-bond donors (Lipinski definition) is 1. The van der Waals surface area contributed by atoms with Crippen LogP contribution in [0.2, 0.25) is 0 Å². The summed E-state index contributed by atoms with van der Waals surface area (Å²) in [7, 11) is 0. The van der Waals surface area contributed by atoms with E-state index in [1.54, 1.807) is 24.5 Å². The molecule has 252 valence electrons. The summed E-state index contributed by atoms with van der Waals surface area (Å²) in [6, 6.07) is 12.3. The third-order valence-corrected chi connectivity index (χ3v) is 7.81. The van der Waals surface area contributed by atoms with Gasteiger partial charge in [-0.25, -0.2) is 18.4 Å². The Balaban J connectivity index is 0.00000468. The zero-order valence-electron chi connectivity index (χ0n) is 26.5. The molecule has 0 aliphatic carbocycles. The Labute approximate surface area is 283 Å². The quantitative estimate of drug-likeness (QED) is 0.160. The lowest BCUT2D eigenvalue weighted by Gasteiger charge is -2.20. The highest BCUT2D eigenvalue weighted by atomic mass is 35.5. The van der Waals surface area contributed by atoms with Crippen LogP contribution in [-0.2, 0) is 0 Å². The number of nitrogens with one attached hydrogen (secondary N) is 1. The van der Waals surface area contributed by atoms with Gasteiger partial charge in [0.2, 0.25) is 5.43 Å². The third-order valence-electron chi connectivity index (χ3n) is 7.81. The van der Waals surface area contributed by atoms with Gasteiger partial charge in [0.25, 0.3) is 5.91 Å². The Hall–Kier alpha value is -5.56. The average Bonchev–Trinajstić information content (AvgIpc) is 3.54. The number of fused-ring (bicyclic) bond motifs is 1. The minimum atomic E-state index is -2.79. The summed E-state index contributed by atoms with van der Waals surface area (Å²) in [6.45, 7) is 4.45. The van der Waals surface area contributed by atoms with Gasteiger partial charge in [0.15, 0.2) is 17.3 Å². The molecule has 6 aromatic rings. The molecule has 0 atom stereocenters. The molecule has 0 bridgehead atoms. The van der Waals surface area contributed by atoms with Crippen molar-refractivity contribution < 1.29 is 27.1 Å². The predicted molar refractivity (Wildman–Crippen MR) is 180 cm³/mol. The molecule has 0 spiro atoms. The number of hydrogen-bond acceptors (Lipinski definition) is 6. The molecule has 14 heteroatoms. The van der Waals surface area contributed by atoms with E-state index < -0.39 is 29.5 Å². The molecule has 1 amide bonds. The van der Waals surface area contributed by atoms with E-state index in [2.05, 4.69) is 20.4 Å². The first-order chi connectivity index (χ1) is 22.9. The molecule has 0 saturated heterocycles. The Bertz CT molecular complexity index is 2250. The fourth-order valence-electron chi connectivity index (χ4n) is 5.45. The van der Waals surface area contributed by atoms with Crippen LogP contribution in [0.4, 0.5) is 23.2 Å². The van der Waals surface area contributed by atoms with Crippen molar-refractivity contribution in [1.82, 2.24) is 24.3 Å². The first kappa shape index (κ1) is 34.8. The summed E-state index contributed by atoms with van der Waals surface area (Å²) in [5, 5.41) is 6.26. The van der Waals surface area contributed by atoms with Crippen molar-refractivity contribution in [3.8, 4) is 33.8 Å². The summed E-state index contributed by atoms with van der Waals surface area (Å²) in [4.78, 5) is 35.8. The van der Waals surface area contributed by atoms with Crippen molar-refractivity contribution in [2.45, 2.75) is 40.3 Å². The summed E-state index contributed by atoms with van der Waals surface area (Å²) in [5.41, 5.74) is 2.85.